The molecule has 0 aromatic heterocycles. The number of hydrogen-bond acceptors (Lipinski definition) is 3. The van der Waals surface area contributed by atoms with E-state index in [1.54, 1.807) is 18.2 Å². The Bertz CT molecular complexity index is 669. The molecule has 0 saturated heterocycles. The fourth-order valence-corrected chi connectivity index (χ4v) is 2.00. The molecular formula is C16H15F2NO3. The van der Waals surface area contributed by atoms with Gasteiger partial charge in [-0.1, -0.05) is 6.07 Å². The largest absolute Gasteiger partial charge is 0.497 e. The Kier molecular flexibility index (Phi) is 4.93. The molecule has 1 amide bonds. The number of amides is 1. The quantitative estimate of drug-likeness (QED) is 0.924. The highest BCUT2D eigenvalue weighted by Crippen LogP contribution is 2.24. The summed E-state index contributed by atoms with van der Waals surface area (Å²) in [5, 5.41) is 2.47. The molecule has 1 N–H and O–H groups in total. The third-order valence-corrected chi connectivity index (χ3v) is 3.12. The molecule has 22 heavy (non-hydrogen) atoms. The molecule has 0 radical (unpaired) electrons. The Morgan fingerprint density at radius 1 is 1.09 bits per heavy atom. The minimum absolute atomic E-state index is 0.0486. The van der Waals surface area contributed by atoms with Crippen LogP contribution < -0.4 is 14.8 Å². The van der Waals surface area contributed by atoms with Crippen molar-refractivity contribution >= 4 is 5.91 Å². The van der Waals surface area contributed by atoms with Crippen LogP contribution >= 0.6 is 0 Å². The predicted octanol–water partition coefficient (Wildman–Crippen LogP) is 2.91. The number of halogens is 2. The zero-order valence-electron chi connectivity index (χ0n) is 12.2. The summed E-state index contributed by atoms with van der Waals surface area (Å²) in [6.45, 7) is 0.0486. The van der Waals surface area contributed by atoms with Crippen molar-refractivity contribution in [3.8, 4) is 11.5 Å². The van der Waals surface area contributed by atoms with Gasteiger partial charge in [0.05, 0.1) is 14.2 Å². The summed E-state index contributed by atoms with van der Waals surface area (Å²) in [5.41, 5.74) is 0.0244. The van der Waals surface area contributed by atoms with E-state index in [0.717, 1.165) is 12.1 Å². The van der Waals surface area contributed by atoms with Gasteiger partial charge >= 0.3 is 0 Å². The number of carbonyl (C=O) groups excluding carboxylic acids is 1. The Balaban J connectivity index is 2.18. The summed E-state index contributed by atoms with van der Waals surface area (Å²) in [6, 6.07) is 8.34. The molecule has 0 heterocycles. The van der Waals surface area contributed by atoms with Gasteiger partial charge in [0.2, 0.25) is 0 Å². The van der Waals surface area contributed by atoms with E-state index < -0.39 is 23.1 Å². The van der Waals surface area contributed by atoms with E-state index in [4.69, 9.17) is 9.47 Å². The second kappa shape index (κ2) is 6.89. The van der Waals surface area contributed by atoms with Gasteiger partial charge in [0.25, 0.3) is 5.91 Å². The van der Waals surface area contributed by atoms with Crippen LogP contribution in [0.2, 0.25) is 0 Å². The zero-order valence-corrected chi connectivity index (χ0v) is 12.2. The third kappa shape index (κ3) is 3.33. The van der Waals surface area contributed by atoms with E-state index in [0.29, 0.717) is 17.1 Å². The van der Waals surface area contributed by atoms with E-state index in [1.165, 1.54) is 20.3 Å². The van der Waals surface area contributed by atoms with Gasteiger partial charge < -0.3 is 14.8 Å². The standard InChI is InChI=1S/C16H15F2NO3/c1-21-11-6-7-14(22-2)10(8-11)9-19-16(20)15-12(17)4-3-5-13(15)18/h3-8H,9H2,1-2H3,(H,19,20). The molecule has 0 unspecified atom stereocenters. The van der Waals surface area contributed by atoms with E-state index in [-0.39, 0.29) is 6.54 Å². The average Bonchev–Trinajstić information content (AvgIpc) is 2.52. The van der Waals surface area contributed by atoms with E-state index in [1.807, 2.05) is 0 Å². The Labute approximate surface area is 126 Å². The molecule has 2 aromatic rings. The third-order valence-electron chi connectivity index (χ3n) is 3.12. The topological polar surface area (TPSA) is 47.6 Å². The van der Waals surface area contributed by atoms with Gasteiger partial charge in [-0.2, -0.15) is 0 Å². The van der Waals surface area contributed by atoms with Crippen LogP contribution in [0.4, 0.5) is 8.78 Å². The summed E-state index contributed by atoms with van der Waals surface area (Å²) in [5.74, 6) is -1.53. The molecule has 4 nitrogen and oxygen atoms in total. The predicted molar refractivity (Wildman–Crippen MR) is 77.1 cm³/mol. The normalized spacial score (nSPS) is 10.2. The molecule has 0 spiro atoms. The number of benzene rings is 2. The lowest BCUT2D eigenvalue weighted by atomic mass is 10.1. The molecule has 6 heteroatoms. The maximum absolute atomic E-state index is 13.5. The highest BCUT2D eigenvalue weighted by Gasteiger charge is 2.17. The number of ether oxygens (including phenoxy) is 2. The molecule has 0 bridgehead atoms. The fraction of sp³-hybridized carbons (Fsp3) is 0.188. The first kappa shape index (κ1) is 15.8. The van der Waals surface area contributed by atoms with Crippen molar-refractivity contribution in [2.75, 3.05) is 14.2 Å². The SMILES string of the molecule is COc1ccc(OC)c(CNC(=O)c2c(F)cccc2F)c1. The monoisotopic (exact) mass is 307 g/mol. The highest BCUT2D eigenvalue weighted by molar-refractivity contribution is 5.94. The lowest BCUT2D eigenvalue weighted by Crippen LogP contribution is -2.25. The second-order valence-corrected chi connectivity index (χ2v) is 4.46. The van der Waals surface area contributed by atoms with Crippen LogP contribution in [0.3, 0.4) is 0 Å². The second-order valence-electron chi connectivity index (χ2n) is 4.46. The summed E-state index contributed by atoms with van der Waals surface area (Å²) in [4.78, 5) is 12.0. The summed E-state index contributed by atoms with van der Waals surface area (Å²) >= 11 is 0. The Hall–Kier alpha value is -2.63. The number of methoxy groups -OCH3 is 2. The molecule has 0 fully saturated rings. The van der Waals surface area contributed by atoms with E-state index >= 15 is 0 Å². The van der Waals surface area contributed by atoms with Crippen LogP contribution in [0.5, 0.6) is 11.5 Å². The summed E-state index contributed by atoms with van der Waals surface area (Å²) < 4.78 is 37.4. The van der Waals surface area contributed by atoms with Gasteiger partial charge in [-0.15, -0.1) is 0 Å². The highest BCUT2D eigenvalue weighted by atomic mass is 19.1. The van der Waals surface area contributed by atoms with Crippen molar-refractivity contribution in [2.24, 2.45) is 0 Å². The number of nitrogens with one attached hydrogen (secondary N) is 1. The van der Waals surface area contributed by atoms with Crippen LogP contribution in [0.15, 0.2) is 36.4 Å². The molecule has 116 valence electrons. The molecule has 0 saturated carbocycles. The Morgan fingerprint density at radius 3 is 2.36 bits per heavy atom. The maximum atomic E-state index is 13.5. The van der Waals surface area contributed by atoms with Gasteiger partial charge in [0, 0.05) is 12.1 Å². The minimum atomic E-state index is -0.907. The van der Waals surface area contributed by atoms with Crippen molar-refractivity contribution < 1.29 is 23.0 Å². The first-order valence-corrected chi connectivity index (χ1v) is 6.50. The summed E-state index contributed by atoms with van der Waals surface area (Å²) in [6.07, 6.45) is 0. The van der Waals surface area contributed by atoms with E-state index in [9.17, 15) is 13.6 Å². The molecule has 2 rings (SSSR count). The maximum Gasteiger partial charge on any atom is 0.257 e. The molecule has 0 aliphatic carbocycles. The minimum Gasteiger partial charge on any atom is -0.497 e. The smallest absolute Gasteiger partial charge is 0.257 e. The molecular weight excluding hydrogens is 292 g/mol. The Morgan fingerprint density at radius 2 is 1.77 bits per heavy atom. The zero-order chi connectivity index (χ0) is 16.1. The van der Waals surface area contributed by atoms with Crippen LogP contribution in [0, 0.1) is 11.6 Å². The van der Waals surface area contributed by atoms with Crippen LogP contribution in [-0.2, 0) is 6.54 Å². The van der Waals surface area contributed by atoms with Gasteiger partial charge in [-0.3, -0.25) is 4.79 Å². The average molecular weight is 307 g/mol. The van der Waals surface area contributed by atoms with Crippen molar-refractivity contribution in [1.29, 1.82) is 0 Å². The first-order valence-electron chi connectivity index (χ1n) is 6.50. The van der Waals surface area contributed by atoms with Crippen molar-refractivity contribution in [2.45, 2.75) is 6.54 Å². The van der Waals surface area contributed by atoms with Crippen molar-refractivity contribution in [3.05, 3.63) is 59.2 Å². The van der Waals surface area contributed by atoms with Crippen LogP contribution in [0.1, 0.15) is 15.9 Å². The molecule has 0 aliphatic rings. The van der Waals surface area contributed by atoms with Gasteiger partial charge in [-0.05, 0) is 30.3 Å². The van der Waals surface area contributed by atoms with E-state index in [2.05, 4.69) is 5.32 Å². The summed E-state index contributed by atoms with van der Waals surface area (Å²) in [7, 11) is 3.00. The lowest BCUT2D eigenvalue weighted by Gasteiger charge is -2.12. The number of rotatable bonds is 5. The van der Waals surface area contributed by atoms with Crippen LogP contribution in [-0.4, -0.2) is 20.1 Å². The van der Waals surface area contributed by atoms with Crippen molar-refractivity contribution in [3.63, 3.8) is 0 Å². The number of hydrogen-bond donors (Lipinski definition) is 1. The van der Waals surface area contributed by atoms with Gasteiger partial charge in [-0.25, -0.2) is 8.78 Å². The first-order chi connectivity index (χ1) is 10.6. The lowest BCUT2D eigenvalue weighted by molar-refractivity contribution is 0.0942. The fourth-order valence-electron chi connectivity index (χ4n) is 2.00. The van der Waals surface area contributed by atoms with Crippen LogP contribution in [0.25, 0.3) is 0 Å². The van der Waals surface area contributed by atoms with Crippen molar-refractivity contribution in [1.82, 2.24) is 5.32 Å². The molecule has 0 aliphatic heterocycles. The van der Waals surface area contributed by atoms with Gasteiger partial charge in [0.1, 0.15) is 28.7 Å². The van der Waals surface area contributed by atoms with Gasteiger partial charge in [0.15, 0.2) is 0 Å². The number of carbonyl (C=O) groups is 1. The molecule has 2 aromatic carbocycles. The molecule has 0 atom stereocenters.